The first-order valence-corrected chi connectivity index (χ1v) is 9.29. The molecule has 1 aromatic carbocycles. The van der Waals surface area contributed by atoms with Crippen molar-refractivity contribution >= 4 is 11.7 Å². The van der Waals surface area contributed by atoms with Crippen molar-refractivity contribution in [1.82, 2.24) is 10.6 Å². The van der Waals surface area contributed by atoms with Crippen molar-refractivity contribution in [2.75, 3.05) is 31.1 Å². The van der Waals surface area contributed by atoms with E-state index < -0.39 is 0 Å². The van der Waals surface area contributed by atoms with E-state index in [9.17, 15) is 4.79 Å². The lowest BCUT2D eigenvalue weighted by Crippen LogP contribution is -2.37. The van der Waals surface area contributed by atoms with E-state index in [2.05, 4.69) is 33.7 Å². The van der Waals surface area contributed by atoms with Gasteiger partial charge in [-0.15, -0.1) is 0 Å². The lowest BCUT2D eigenvalue weighted by atomic mass is 10.1. The number of hydrogen-bond donors (Lipinski definition) is 2. The summed E-state index contributed by atoms with van der Waals surface area (Å²) in [5, 5.41) is 5.92. The first-order chi connectivity index (χ1) is 11.8. The normalized spacial score (nSPS) is 20.8. The molecule has 2 fully saturated rings. The Hall–Kier alpha value is -1.75. The number of nitrogens with one attached hydrogen (secondary N) is 2. The molecular weight excluding hydrogens is 302 g/mol. The topological polar surface area (TPSA) is 53.6 Å². The molecule has 0 aromatic heterocycles. The van der Waals surface area contributed by atoms with Crippen molar-refractivity contribution in [1.29, 1.82) is 0 Å². The Bertz CT molecular complexity index is 523. The van der Waals surface area contributed by atoms with Crippen LogP contribution in [0.1, 0.15) is 44.1 Å². The molecule has 2 N–H and O–H groups in total. The van der Waals surface area contributed by atoms with Crippen molar-refractivity contribution in [2.45, 2.75) is 51.2 Å². The number of rotatable bonds is 6. The molecule has 2 heterocycles. The lowest BCUT2D eigenvalue weighted by molar-refractivity contribution is 0.104. The van der Waals surface area contributed by atoms with Gasteiger partial charge in [0.05, 0.1) is 6.10 Å². The summed E-state index contributed by atoms with van der Waals surface area (Å²) in [6.07, 6.45) is 7.32. The van der Waals surface area contributed by atoms with Crippen molar-refractivity contribution < 1.29 is 9.53 Å². The third-order valence-electron chi connectivity index (χ3n) is 4.90. The van der Waals surface area contributed by atoms with Crippen LogP contribution in [-0.4, -0.2) is 38.4 Å². The Balaban J connectivity index is 1.44. The van der Waals surface area contributed by atoms with Gasteiger partial charge in [-0.25, -0.2) is 4.79 Å². The van der Waals surface area contributed by atoms with Crippen LogP contribution in [-0.2, 0) is 11.3 Å². The fraction of sp³-hybridized carbons (Fsp3) is 0.632. The second-order valence-electron chi connectivity index (χ2n) is 6.71. The lowest BCUT2D eigenvalue weighted by Gasteiger charge is -2.30. The summed E-state index contributed by atoms with van der Waals surface area (Å²) >= 11 is 0. The largest absolute Gasteiger partial charge is 0.378 e. The summed E-state index contributed by atoms with van der Waals surface area (Å²) in [4.78, 5) is 14.4. The van der Waals surface area contributed by atoms with Gasteiger partial charge in [0.15, 0.2) is 0 Å². The van der Waals surface area contributed by atoms with Gasteiger partial charge in [0.25, 0.3) is 0 Å². The monoisotopic (exact) mass is 331 g/mol. The average Bonchev–Trinajstić information content (AvgIpc) is 3.14. The van der Waals surface area contributed by atoms with Gasteiger partial charge in [-0.3, -0.25) is 0 Å². The van der Waals surface area contributed by atoms with Crippen LogP contribution in [0.15, 0.2) is 24.3 Å². The molecule has 0 spiro atoms. The zero-order valence-electron chi connectivity index (χ0n) is 14.4. The van der Waals surface area contributed by atoms with Gasteiger partial charge in [-0.05, 0) is 50.2 Å². The van der Waals surface area contributed by atoms with Crippen LogP contribution < -0.4 is 15.5 Å². The molecule has 0 radical (unpaired) electrons. The summed E-state index contributed by atoms with van der Waals surface area (Å²) in [5.74, 6) is 0. The molecule has 24 heavy (non-hydrogen) atoms. The number of amides is 2. The number of nitrogens with zero attached hydrogens (tertiary/aromatic N) is 1. The van der Waals surface area contributed by atoms with Gasteiger partial charge < -0.3 is 20.3 Å². The number of urea groups is 1. The number of carbonyl (C=O) groups is 1. The van der Waals surface area contributed by atoms with Crippen LogP contribution in [0, 0.1) is 0 Å². The highest BCUT2D eigenvalue weighted by molar-refractivity contribution is 5.74. The van der Waals surface area contributed by atoms with Gasteiger partial charge in [0, 0.05) is 38.5 Å². The van der Waals surface area contributed by atoms with Gasteiger partial charge in [0.2, 0.25) is 0 Å². The van der Waals surface area contributed by atoms with Crippen molar-refractivity contribution in [3.05, 3.63) is 29.8 Å². The molecule has 2 aliphatic heterocycles. The van der Waals surface area contributed by atoms with E-state index in [1.807, 2.05) is 6.07 Å². The minimum atomic E-state index is -0.0959. The molecule has 132 valence electrons. The smallest absolute Gasteiger partial charge is 0.315 e. The molecule has 3 rings (SSSR count). The fourth-order valence-electron chi connectivity index (χ4n) is 3.56. The van der Waals surface area contributed by atoms with E-state index in [0.717, 1.165) is 39.0 Å². The van der Waals surface area contributed by atoms with Crippen LogP contribution >= 0.6 is 0 Å². The Kier molecular flexibility index (Phi) is 6.35. The Morgan fingerprint density at radius 2 is 1.96 bits per heavy atom. The molecule has 5 heteroatoms. The number of benzene rings is 1. The summed E-state index contributed by atoms with van der Waals surface area (Å²) in [6, 6.07) is 8.30. The van der Waals surface area contributed by atoms with Crippen LogP contribution in [0.2, 0.25) is 0 Å². The van der Waals surface area contributed by atoms with E-state index in [1.54, 1.807) is 0 Å². The molecule has 1 aromatic rings. The highest BCUT2D eigenvalue weighted by atomic mass is 16.5. The van der Waals surface area contributed by atoms with Crippen molar-refractivity contribution in [3.8, 4) is 0 Å². The average molecular weight is 331 g/mol. The standard InChI is InChI=1S/C19H29N3O2/c23-19(20-11-10-17-8-6-14-24-17)21-15-16-7-2-3-9-18(16)22-12-4-1-5-13-22/h2-3,7,9,17H,1,4-6,8,10-15H2,(H2,20,21,23)/t17-/m0/s1. The second kappa shape index (κ2) is 8.92. The maximum Gasteiger partial charge on any atom is 0.315 e. The van der Waals surface area contributed by atoms with Gasteiger partial charge in [-0.1, -0.05) is 18.2 Å². The summed E-state index contributed by atoms with van der Waals surface area (Å²) in [7, 11) is 0. The van der Waals surface area contributed by atoms with E-state index >= 15 is 0 Å². The second-order valence-corrected chi connectivity index (χ2v) is 6.71. The Labute approximate surface area is 144 Å². The molecule has 0 unspecified atom stereocenters. The highest BCUT2D eigenvalue weighted by Gasteiger charge is 2.16. The zero-order chi connectivity index (χ0) is 16.6. The van der Waals surface area contributed by atoms with Gasteiger partial charge in [0.1, 0.15) is 0 Å². The zero-order valence-corrected chi connectivity index (χ0v) is 14.4. The Morgan fingerprint density at radius 1 is 1.12 bits per heavy atom. The maximum atomic E-state index is 12.0. The van der Waals surface area contributed by atoms with E-state index in [1.165, 1.54) is 30.5 Å². The SMILES string of the molecule is O=C(NCC[C@@H]1CCCO1)NCc1ccccc1N1CCCCC1. The fourth-order valence-corrected chi connectivity index (χ4v) is 3.56. The molecule has 0 aliphatic carbocycles. The van der Waals surface area contributed by atoms with E-state index in [-0.39, 0.29) is 6.03 Å². The number of anilines is 1. The number of hydrogen-bond acceptors (Lipinski definition) is 3. The molecule has 0 bridgehead atoms. The van der Waals surface area contributed by atoms with Gasteiger partial charge >= 0.3 is 6.03 Å². The number of ether oxygens (including phenoxy) is 1. The highest BCUT2D eigenvalue weighted by Crippen LogP contribution is 2.24. The molecule has 2 aliphatic rings. The maximum absolute atomic E-state index is 12.0. The Morgan fingerprint density at radius 3 is 2.75 bits per heavy atom. The molecule has 5 nitrogen and oxygen atoms in total. The summed E-state index contributed by atoms with van der Waals surface area (Å²) in [5.41, 5.74) is 2.45. The van der Waals surface area contributed by atoms with E-state index in [0.29, 0.717) is 19.2 Å². The molecule has 2 saturated heterocycles. The quantitative estimate of drug-likeness (QED) is 0.842. The minimum absolute atomic E-state index is 0.0959. The summed E-state index contributed by atoms with van der Waals surface area (Å²) < 4.78 is 5.57. The molecular formula is C19H29N3O2. The number of para-hydroxylation sites is 1. The van der Waals surface area contributed by atoms with Crippen molar-refractivity contribution in [3.63, 3.8) is 0 Å². The minimum Gasteiger partial charge on any atom is -0.378 e. The third kappa shape index (κ3) is 4.87. The first kappa shape index (κ1) is 17.1. The molecule has 2 amide bonds. The predicted octanol–water partition coefficient (Wildman–Crippen LogP) is 3.05. The van der Waals surface area contributed by atoms with Crippen molar-refractivity contribution in [2.24, 2.45) is 0 Å². The van der Waals surface area contributed by atoms with Crippen LogP contribution in [0.4, 0.5) is 10.5 Å². The number of carbonyl (C=O) groups excluding carboxylic acids is 1. The van der Waals surface area contributed by atoms with Crippen LogP contribution in [0.3, 0.4) is 0 Å². The van der Waals surface area contributed by atoms with Gasteiger partial charge in [-0.2, -0.15) is 0 Å². The molecule has 1 atom stereocenters. The molecule has 0 saturated carbocycles. The summed E-state index contributed by atoms with van der Waals surface area (Å²) in [6.45, 7) is 4.34. The predicted molar refractivity (Wildman–Crippen MR) is 96.3 cm³/mol. The van der Waals surface area contributed by atoms with E-state index in [4.69, 9.17) is 4.74 Å². The van der Waals surface area contributed by atoms with Crippen LogP contribution in [0.5, 0.6) is 0 Å². The number of piperidine rings is 1. The first-order valence-electron chi connectivity index (χ1n) is 9.29. The van der Waals surface area contributed by atoms with Crippen LogP contribution in [0.25, 0.3) is 0 Å². The third-order valence-corrected chi connectivity index (χ3v) is 4.90.